The van der Waals surface area contributed by atoms with E-state index in [-0.39, 0.29) is 6.42 Å². The molecule has 0 aliphatic rings. The number of hydrogen-bond donors (Lipinski definition) is 2. The molecule has 5 heteroatoms. The molecule has 1 rings (SSSR count). The highest BCUT2D eigenvalue weighted by atomic mass is 16.5. The summed E-state index contributed by atoms with van der Waals surface area (Å²) in [5.74, 6) is -0.955. The standard InChI is InChI=1S/C11H14N2O3/c1-16-11(15)6-10(14)13-9-4-2-8(7-12)3-5-9/h2-5H,6-7,12H2,1H3,(H,13,14). The normalized spacial score (nSPS) is 9.62. The van der Waals surface area contributed by atoms with Crippen molar-refractivity contribution in [2.45, 2.75) is 13.0 Å². The molecule has 1 amide bonds. The van der Waals surface area contributed by atoms with E-state index in [1.165, 1.54) is 7.11 Å². The second-order valence-electron chi connectivity index (χ2n) is 3.20. The number of carbonyl (C=O) groups is 2. The molecule has 1 aromatic carbocycles. The number of nitrogens with one attached hydrogen (secondary N) is 1. The van der Waals surface area contributed by atoms with Gasteiger partial charge >= 0.3 is 5.97 Å². The Labute approximate surface area is 93.6 Å². The van der Waals surface area contributed by atoms with Crippen LogP contribution in [0.4, 0.5) is 5.69 Å². The number of amides is 1. The van der Waals surface area contributed by atoms with E-state index in [1.54, 1.807) is 12.1 Å². The van der Waals surface area contributed by atoms with Crippen LogP contribution in [0.1, 0.15) is 12.0 Å². The molecule has 0 saturated carbocycles. The topological polar surface area (TPSA) is 81.4 Å². The first-order chi connectivity index (χ1) is 7.65. The maximum Gasteiger partial charge on any atom is 0.315 e. The van der Waals surface area contributed by atoms with E-state index >= 15 is 0 Å². The molecule has 0 heterocycles. The number of esters is 1. The second-order valence-corrected chi connectivity index (χ2v) is 3.20. The fourth-order valence-electron chi connectivity index (χ4n) is 1.13. The molecule has 0 fully saturated rings. The maximum atomic E-state index is 11.3. The van der Waals surface area contributed by atoms with Crippen molar-refractivity contribution < 1.29 is 14.3 Å². The fourth-order valence-corrected chi connectivity index (χ4v) is 1.13. The van der Waals surface area contributed by atoms with Crippen molar-refractivity contribution in [2.75, 3.05) is 12.4 Å². The predicted octanol–water partition coefficient (Wildman–Crippen LogP) is 0.647. The van der Waals surface area contributed by atoms with Gasteiger partial charge in [-0.1, -0.05) is 12.1 Å². The van der Waals surface area contributed by atoms with Gasteiger partial charge in [0.15, 0.2) is 0 Å². The molecule has 0 saturated heterocycles. The molecule has 0 unspecified atom stereocenters. The molecule has 0 atom stereocenters. The molecule has 86 valence electrons. The second kappa shape index (κ2) is 5.87. The van der Waals surface area contributed by atoms with Crippen LogP contribution >= 0.6 is 0 Å². The van der Waals surface area contributed by atoms with Gasteiger partial charge < -0.3 is 15.8 Å². The zero-order chi connectivity index (χ0) is 12.0. The molecule has 16 heavy (non-hydrogen) atoms. The number of hydrogen-bond acceptors (Lipinski definition) is 4. The Morgan fingerprint density at radius 1 is 1.31 bits per heavy atom. The maximum absolute atomic E-state index is 11.3. The van der Waals surface area contributed by atoms with Gasteiger partial charge in [-0.05, 0) is 17.7 Å². The molecule has 1 aromatic rings. The van der Waals surface area contributed by atoms with E-state index in [4.69, 9.17) is 5.73 Å². The van der Waals surface area contributed by atoms with Crippen molar-refractivity contribution >= 4 is 17.6 Å². The minimum Gasteiger partial charge on any atom is -0.469 e. The molecule has 0 aliphatic heterocycles. The van der Waals surface area contributed by atoms with Crippen molar-refractivity contribution in [3.63, 3.8) is 0 Å². The van der Waals surface area contributed by atoms with Gasteiger partial charge in [-0.3, -0.25) is 9.59 Å². The first-order valence-electron chi connectivity index (χ1n) is 4.81. The van der Waals surface area contributed by atoms with E-state index in [0.29, 0.717) is 12.2 Å². The van der Waals surface area contributed by atoms with Gasteiger partial charge in [-0.25, -0.2) is 0 Å². The average molecular weight is 222 g/mol. The summed E-state index contributed by atoms with van der Waals surface area (Å²) in [5.41, 5.74) is 7.04. The van der Waals surface area contributed by atoms with Gasteiger partial charge in [-0.2, -0.15) is 0 Å². The van der Waals surface area contributed by atoms with Crippen molar-refractivity contribution in [3.8, 4) is 0 Å². The summed E-state index contributed by atoms with van der Waals surface area (Å²) in [6.45, 7) is 0.455. The number of anilines is 1. The van der Waals surface area contributed by atoms with Crippen molar-refractivity contribution in [1.82, 2.24) is 0 Å². The van der Waals surface area contributed by atoms with Crippen LogP contribution in [0.5, 0.6) is 0 Å². The first-order valence-corrected chi connectivity index (χ1v) is 4.81. The Morgan fingerprint density at radius 3 is 2.44 bits per heavy atom. The van der Waals surface area contributed by atoms with Gasteiger partial charge in [0.05, 0.1) is 7.11 Å². The highest BCUT2D eigenvalue weighted by Crippen LogP contribution is 2.09. The molecule has 0 aliphatic carbocycles. The summed E-state index contributed by atoms with van der Waals surface area (Å²) in [4.78, 5) is 22.1. The van der Waals surface area contributed by atoms with Crippen LogP contribution in [0.25, 0.3) is 0 Å². The fraction of sp³-hybridized carbons (Fsp3) is 0.273. The van der Waals surface area contributed by atoms with Crippen LogP contribution in [-0.2, 0) is 20.9 Å². The van der Waals surface area contributed by atoms with Gasteiger partial charge in [0.25, 0.3) is 0 Å². The van der Waals surface area contributed by atoms with Crippen LogP contribution < -0.4 is 11.1 Å². The lowest BCUT2D eigenvalue weighted by molar-refractivity contribution is -0.142. The molecule has 0 bridgehead atoms. The quantitative estimate of drug-likeness (QED) is 0.578. The Morgan fingerprint density at radius 2 is 1.94 bits per heavy atom. The molecule has 0 aromatic heterocycles. The number of nitrogens with two attached hydrogens (primary N) is 1. The van der Waals surface area contributed by atoms with Crippen LogP contribution in [0, 0.1) is 0 Å². The molecule has 3 N–H and O–H groups in total. The van der Waals surface area contributed by atoms with Crippen molar-refractivity contribution in [3.05, 3.63) is 29.8 Å². The molecule has 5 nitrogen and oxygen atoms in total. The molecule has 0 radical (unpaired) electrons. The Hall–Kier alpha value is -1.88. The SMILES string of the molecule is COC(=O)CC(=O)Nc1ccc(CN)cc1. The summed E-state index contributed by atoms with van der Waals surface area (Å²) in [6.07, 6.45) is -0.283. The molecule has 0 spiro atoms. The van der Waals surface area contributed by atoms with E-state index in [2.05, 4.69) is 10.1 Å². The van der Waals surface area contributed by atoms with Crippen LogP contribution in [-0.4, -0.2) is 19.0 Å². The highest BCUT2D eigenvalue weighted by molar-refractivity contribution is 6.01. The van der Waals surface area contributed by atoms with Crippen LogP contribution in [0.3, 0.4) is 0 Å². The van der Waals surface area contributed by atoms with Crippen molar-refractivity contribution in [1.29, 1.82) is 0 Å². The number of rotatable bonds is 4. The Kier molecular flexibility index (Phi) is 4.47. The van der Waals surface area contributed by atoms with E-state index in [0.717, 1.165) is 5.56 Å². The van der Waals surface area contributed by atoms with Gasteiger partial charge in [-0.15, -0.1) is 0 Å². The Bertz CT molecular complexity index is 373. The number of ether oxygens (including phenoxy) is 1. The summed E-state index contributed by atoms with van der Waals surface area (Å²) >= 11 is 0. The third-order valence-corrected chi connectivity index (χ3v) is 2.01. The van der Waals surface area contributed by atoms with Crippen LogP contribution in [0.2, 0.25) is 0 Å². The summed E-state index contributed by atoms with van der Waals surface area (Å²) in [5, 5.41) is 2.58. The van der Waals surface area contributed by atoms with E-state index in [1.807, 2.05) is 12.1 Å². The van der Waals surface area contributed by atoms with E-state index < -0.39 is 11.9 Å². The lowest BCUT2D eigenvalue weighted by atomic mass is 10.2. The lowest BCUT2D eigenvalue weighted by Gasteiger charge is -2.05. The average Bonchev–Trinajstić information content (AvgIpc) is 2.29. The van der Waals surface area contributed by atoms with Gasteiger partial charge in [0.1, 0.15) is 6.42 Å². The summed E-state index contributed by atoms with van der Waals surface area (Å²) < 4.78 is 4.38. The minimum absolute atomic E-state index is 0.283. The molecular weight excluding hydrogens is 208 g/mol. The van der Waals surface area contributed by atoms with Crippen LogP contribution in [0.15, 0.2) is 24.3 Å². The first kappa shape index (κ1) is 12.2. The van der Waals surface area contributed by atoms with E-state index in [9.17, 15) is 9.59 Å². The minimum atomic E-state index is -0.559. The van der Waals surface area contributed by atoms with Gasteiger partial charge in [0, 0.05) is 12.2 Å². The third kappa shape index (κ3) is 3.70. The number of methoxy groups -OCH3 is 1. The lowest BCUT2D eigenvalue weighted by Crippen LogP contribution is -2.17. The smallest absolute Gasteiger partial charge is 0.315 e. The molecular formula is C11H14N2O3. The highest BCUT2D eigenvalue weighted by Gasteiger charge is 2.09. The predicted molar refractivity (Wildman–Crippen MR) is 59.6 cm³/mol. The number of benzene rings is 1. The summed E-state index contributed by atoms with van der Waals surface area (Å²) in [6, 6.07) is 7.09. The Balaban J connectivity index is 2.52. The monoisotopic (exact) mass is 222 g/mol. The third-order valence-electron chi connectivity index (χ3n) is 2.01. The van der Waals surface area contributed by atoms with Crippen molar-refractivity contribution in [2.24, 2.45) is 5.73 Å². The summed E-state index contributed by atoms with van der Waals surface area (Å²) in [7, 11) is 1.24. The van der Waals surface area contributed by atoms with Gasteiger partial charge in [0.2, 0.25) is 5.91 Å². The zero-order valence-corrected chi connectivity index (χ0v) is 9.03. The largest absolute Gasteiger partial charge is 0.469 e. The number of carbonyl (C=O) groups excluding carboxylic acids is 2. The zero-order valence-electron chi connectivity index (χ0n) is 9.03.